The SMILES string of the molecule is Cc1nnc(NC(=O)C[C@H]2NC(=O)c3ccccc3NC2=O)s1. The Kier molecular flexibility index (Phi) is 4.02. The quantitative estimate of drug-likeness (QED) is 0.774. The maximum Gasteiger partial charge on any atom is 0.254 e. The van der Waals surface area contributed by atoms with E-state index in [0.717, 1.165) is 5.01 Å². The van der Waals surface area contributed by atoms with Crippen LogP contribution in [-0.4, -0.2) is 34.0 Å². The third kappa shape index (κ3) is 3.34. The summed E-state index contributed by atoms with van der Waals surface area (Å²) in [5.74, 6) is -1.26. The van der Waals surface area contributed by atoms with Gasteiger partial charge in [-0.05, 0) is 19.1 Å². The minimum absolute atomic E-state index is 0.190. The number of rotatable bonds is 3. The van der Waals surface area contributed by atoms with Crippen molar-refractivity contribution >= 4 is 39.9 Å². The molecule has 0 spiro atoms. The van der Waals surface area contributed by atoms with Crippen molar-refractivity contribution in [3.63, 3.8) is 0 Å². The number of nitrogens with zero attached hydrogens (tertiary/aromatic N) is 2. The molecule has 0 saturated heterocycles. The average Bonchev–Trinajstić information content (AvgIpc) is 2.86. The van der Waals surface area contributed by atoms with Crippen LogP contribution in [0.25, 0.3) is 0 Å². The second-order valence-corrected chi connectivity index (χ2v) is 6.12. The van der Waals surface area contributed by atoms with Gasteiger partial charge in [-0.2, -0.15) is 0 Å². The monoisotopic (exact) mass is 331 g/mol. The lowest BCUT2D eigenvalue weighted by molar-refractivity contribution is -0.122. The summed E-state index contributed by atoms with van der Waals surface area (Å²) in [5, 5.41) is 16.4. The zero-order valence-electron chi connectivity index (χ0n) is 12.1. The Hall–Kier alpha value is -2.81. The third-order valence-electron chi connectivity index (χ3n) is 3.21. The Labute approximate surface area is 135 Å². The summed E-state index contributed by atoms with van der Waals surface area (Å²) in [6.07, 6.45) is -0.190. The number of hydrogen-bond acceptors (Lipinski definition) is 6. The van der Waals surface area contributed by atoms with E-state index in [1.807, 2.05) is 0 Å². The van der Waals surface area contributed by atoms with Crippen molar-refractivity contribution in [1.29, 1.82) is 0 Å². The van der Waals surface area contributed by atoms with Crippen LogP contribution in [0.2, 0.25) is 0 Å². The zero-order chi connectivity index (χ0) is 16.4. The van der Waals surface area contributed by atoms with E-state index in [0.29, 0.717) is 16.4 Å². The van der Waals surface area contributed by atoms with Crippen molar-refractivity contribution in [2.45, 2.75) is 19.4 Å². The molecule has 1 aromatic carbocycles. The molecule has 3 amide bonds. The lowest BCUT2D eigenvalue weighted by Crippen LogP contribution is -2.43. The molecular weight excluding hydrogens is 318 g/mol. The summed E-state index contributed by atoms with van der Waals surface area (Å²) in [7, 11) is 0. The molecule has 0 radical (unpaired) electrons. The number of nitrogens with one attached hydrogen (secondary N) is 3. The third-order valence-corrected chi connectivity index (χ3v) is 3.97. The summed E-state index contributed by atoms with van der Waals surface area (Å²) in [6.45, 7) is 1.77. The number of carbonyl (C=O) groups is 3. The molecule has 2 heterocycles. The number of carbonyl (C=O) groups excluding carboxylic acids is 3. The van der Waals surface area contributed by atoms with Gasteiger partial charge in [0.2, 0.25) is 16.9 Å². The highest BCUT2D eigenvalue weighted by atomic mass is 32.1. The van der Waals surface area contributed by atoms with E-state index >= 15 is 0 Å². The van der Waals surface area contributed by atoms with Gasteiger partial charge in [-0.15, -0.1) is 10.2 Å². The fourth-order valence-corrected chi connectivity index (χ4v) is 2.77. The van der Waals surface area contributed by atoms with Crippen molar-refractivity contribution in [1.82, 2.24) is 15.5 Å². The first-order valence-electron chi connectivity index (χ1n) is 6.83. The van der Waals surface area contributed by atoms with Crippen LogP contribution < -0.4 is 16.0 Å². The highest BCUT2D eigenvalue weighted by molar-refractivity contribution is 7.15. The molecule has 1 aromatic heterocycles. The summed E-state index contributed by atoms with van der Waals surface area (Å²) in [5.41, 5.74) is 0.793. The van der Waals surface area contributed by atoms with Gasteiger partial charge in [0.1, 0.15) is 11.0 Å². The molecule has 23 heavy (non-hydrogen) atoms. The largest absolute Gasteiger partial charge is 0.340 e. The minimum atomic E-state index is -0.955. The second kappa shape index (κ2) is 6.13. The number of amides is 3. The Morgan fingerprint density at radius 1 is 1.30 bits per heavy atom. The minimum Gasteiger partial charge on any atom is -0.340 e. The molecule has 0 bridgehead atoms. The number of benzene rings is 1. The predicted octanol–water partition coefficient (Wildman–Crippen LogP) is 0.926. The van der Waals surface area contributed by atoms with Crippen LogP contribution in [0.15, 0.2) is 24.3 Å². The molecule has 1 aliphatic heterocycles. The lowest BCUT2D eigenvalue weighted by atomic mass is 10.1. The first-order valence-corrected chi connectivity index (χ1v) is 7.65. The van der Waals surface area contributed by atoms with E-state index in [9.17, 15) is 14.4 Å². The number of anilines is 2. The molecule has 1 atom stereocenters. The molecule has 1 aliphatic rings. The van der Waals surface area contributed by atoms with Gasteiger partial charge >= 0.3 is 0 Å². The van der Waals surface area contributed by atoms with E-state index < -0.39 is 23.8 Å². The highest BCUT2D eigenvalue weighted by Gasteiger charge is 2.29. The lowest BCUT2D eigenvalue weighted by Gasteiger charge is -2.13. The van der Waals surface area contributed by atoms with Gasteiger partial charge < -0.3 is 16.0 Å². The van der Waals surface area contributed by atoms with Crippen molar-refractivity contribution < 1.29 is 14.4 Å². The van der Waals surface area contributed by atoms with E-state index in [2.05, 4.69) is 26.1 Å². The fraction of sp³-hybridized carbons (Fsp3) is 0.214. The van der Waals surface area contributed by atoms with Gasteiger partial charge in [0.15, 0.2) is 0 Å². The highest BCUT2D eigenvalue weighted by Crippen LogP contribution is 2.19. The van der Waals surface area contributed by atoms with Crippen LogP contribution >= 0.6 is 11.3 Å². The van der Waals surface area contributed by atoms with Gasteiger partial charge in [0, 0.05) is 0 Å². The fourth-order valence-electron chi connectivity index (χ4n) is 2.16. The van der Waals surface area contributed by atoms with Crippen molar-refractivity contribution in [3.05, 3.63) is 34.8 Å². The number of hydrogen-bond donors (Lipinski definition) is 3. The van der Waals surface area contributed by atoms with E-state index in [4.69, 9.17) is 0 Å². The van der Waals surface area contributed by atoms with E-state index in [-0.39, 0.29) is 6.42 Å². The molecular formula is C14H13N5O3S. The molecule has 3 N–H and O–H groups in total. The number of aryl methyl sites for hydroxylation is 1. The van der Waals surface area contributed by atoms with Crippen LogP contribution in [0.5, 0.6) is 0 Å². The van der Waals surface area contributed by atoms with Gasteiger partial charge in [-0.1, -0.05) is 23.5 Å². The topological polar surface area (TPSA) is 113 Å². The molecule has 118 valence electrons. The average molecular weight is 331 g/mol. The van der Waals surface area contributed by atoms with Crippen molar-refractivity contribution in [3.8, 4) is 0 Å². The van der Waals surface area contributed by atoms with Gasteiger partial charge in [-0.25, -0.2) is 0 Å². The van der Waals surface area contributed by atoms with Crippen molar-refractivity contribution in [2.24, 2.45) is 0 Å². The molecule has 8 nitrogen and oxygen atoms in total. The molecule has 0 fully saturated rings. The number of fused-ring (bicyclic) bond motifs is 1. The van der Waals surface area contributed by atoms with E-state index in [1.54, 1.807) is 31.2 Å². The van der Waals surface area contributed by atoms with Crippen LogP contribution in [0.3, 0.4) is 0 Å². The van der Waals surface area contributed by atoms with Crippen LogP contribution in [0.1, 0.15) is 21.8 Å². The van der Waals surface area contributed by atoms with Gasteiger partial charge in [0.05, 0.1) is 17.7 Å². The molecule has 3 rings (SSSR count). The molecule has 2 aromatic rings. The smallest absolute Gasteiger partial charge is 0.254 e. The first kappa shape index (κ1) is 15.1. The maximum atomic E-state index is 12.2. The molecule has 0 unspecified atom stereocenters. The Morgan fingerprint density at radius 3 is 2.83 bits per heavy atom. The van der Waals surface area contributed by atoms with Crippen LogP contribution in [-0.2, 0) is 9.59 Å². The number of para-hydroxylation sites is 1. The Bertz CT molecular complexity index is 788. The predicted molar refractivity (Wildman–Crippen MR) is 84.2 cm³/mol. The van der Waals surface area contributed by atoms with Crippen LogP contribution in [0, 0.1) is 6.92 Å². The summed E-state index contributed by atoms with van der Waals surface area (Å²) >= 11 is 1.23. The first-order chi connectivity index (χ1) is 11.0. The van der Waals surface area contributed by atoms with E-state index in [1.165, 1.54) is 11.3 Å². The van der Waals surface area contributed by atoms with Crippen LogP contribution in [0.4, 0.5) is 10.8 Å². The van der Waals surface area contributed by atoms with Gasteiger partial charge in [-0.3, -0.25) is 14.4 Å². The van der Waals surface area contributed by atoms with Crippen molar-refractivity contribution in [2.75, 3.05) is 10.6 Å². The molecule has 0 saturated carbocycles. The molecule has 9 heteroatoms. The second-order valence-electron chi connectivity index (χ2n) is 4.94. The Balaban J connectivity index is 1.70. The Morgan fingerprint density at radius 2 is 2.09 bits per heavy atom. The zero-order valence-corrected chi connectivity index (χ0v) is 12.9. The maximum absolute atomic E-state index is 12.2. The number of aromatic nitrogens is 2. The summed E-state index contributed by atoms with van der Waals surface area (Å²) < 4.78 is 0. The summed E-state index contributed by atoms with van der Waals surface area (Å²) in [6, 6.07) is 5.72. The summed E-state index contributed by atoms with van der Waals surface area (Å²) in [4.78, 5) is 36.4. The molecule has 0 aliphatic carbocycles. The normalized spacial score (nSPS) is 16.8. The van der Waals surface area contributed by atoms with Gasteiger partial charge in [0.25, 0.3) is 5.91 Å². The standard InChI is InChI=1S/C14H13N5O3S/c1-7-18-19-14(23-7)17-11(20)6-10-13(22)15-9-5-3-2-4-8(9)12(21)16-10/h2-5,10H,6H2,1H3,(H,15,22)(H,16,21)(H,17,19,20)/t10-/m1/s1.